The van der Waals surface area contributed by atoms with Crippen molar-refractivity contribution in [2.24, 2.45) is 5.92 Å². The number of amides is 2. The summed E-state index contributed by atoms with van der Waals surface area (Å²) in [7, 11) is -3.13. The van der Waals surface area contributed by atoms with Crippen LogP contribution in [0.4, 0.5) is 0 Å². The molecule has 2 rings (SSSR count). The van der Waals surface area contributed by atoms with Crippen LogP contribution in [0.15, 0.2) is 24.3 Å². The van der Waals surface area contributed by atoms with Crippen LogP contribution in [0.2, 0.25) is 0 Å². The second-order valence-electron chi connectivity index (χ2n) is 8.74. The van der Waals surface area contributed by atoms with E-state index in [2.05, 4.69) is 31.4 Å². The van der Waals surface area contributed by atoms with Crippen LogP contribution < -0.4 is 10.6 Å². The summed E-state index contributed by atoms with van der Waals surface area (Å²) in [5, 5.41) is 5.66. The summed E-state index contributed by atoms with van der Waals surface area (Å²) >= 11 is 0. The molecule has 0 radical (unpaired) electrons. The normalized spacial score (nSPS) is 16.4. The maximum absolute atomic E-state index is 12.2. The molecule has 0 atom stereocenters. The van der Waals surface area contributed by atoms with Gasteiger partial charge in [0.1, 0.15) is 0 Å². The van der Waals surface area contributed by atoms with E-state index in [1.807, 2.05) is 12.1 Å². The summed E-state index contributed by atoms with van der Waals surface area (Å²) in [6.45, 7) is 8.19. The van der Waals surface area contributed by atoms with Crippen LogP contribution in [-0.2, 0) is 20.2 Å². The van der Waals surface area contributed by atoms with Gasteiger partial charge in [-0.25, -0.2) is 12.7 Å². The molecule has 0 spiro atoms. The molecule has 1 aromatic carbocycles. The minimum absolute atomic E-state index is 0.0362. The van der Waals surface area contributed by atoms with Crippen LogP contribution in [0.3, 0.4) is 0 Å². The van der Waals surface area contributed by atoms with Gasteiger partial charge in [0.25, 0.3) is 5.91 Å². The quantitative estimate of drug-likeness (QED) is 0.700. The summed E-state index contributed by atoms with van der Waals surface area (Å²) in [5.41, 5.74) is 1.78. The highest BCUT2D eigenvalue weighted by atomic mass is 32.2. The van der Waals surface area contributed by atoms with Crippen LogP contribution in [-0.4, -0.2) is 57.0 Å². The lowest BCUT2D eigenvalue weighted by Crippen LogP contribution is -2.41. The molecule has 1 aliphatic rings. The number of carbonyl (C=O) groups is 2. The van der Waals surface area contributed by atoms with Gasteiger partial charge in [-0.1, -0.05) is 32.9 Å². The largest absolute Gasteiger partial charge is 0.356 e. The molecule has 7 nitrogen and oxygen atoms in total. The minimum Gasteiger partial charge on any atom is -0.356 e. The average Bonchev–Trinajstić information content (AvgIpc) is 2.65. The Balaban J connectivity index is 1.66. The second kappa shape index (κ2) is 9.71. The number of carbonyl (C=O) groups excluding carboxylic acids is 2. The zero-order valence-electron chi connectivity index (χ0n) is 17.8. The number of hydrogen-bond acceptors (Lipinski definition) is 4. The summed E-state index contributed by atoms with van der Waals surface area (Å²) in [6, 6.07) is 7.52. The lowest BCUT2D eigenvalue weighted by molar-refractivity contribution is -0.121. The minimum atomic E-state index is -3.13. The van der Waals surface area contributed by atoms with E-state index < -0.39 is 10.0 Å². The number of hydrogen-bond donors (Lipinski definition) is 2. The summed E-state index contributed by atoms with van der Waals surface area (Å²) in [4.78, 5) is 24.2. The van der Waals surface area contributed by atoms with Crippen LogP contribution >= 0.6 is 0 Å². The first kappa shape index (κ1) is 23.3. The molecule has 8 heteroatoms. The maximum Gasteiger partial charge on any atom is 0.251 e. The predicted octanol–water partition coefficient (Wildman–Crippen LogP) is 1.89. The number of nitrogens with one attached hydrogen (secondary N) is 2. The van der Waals surface area contributed by atoms with Gasteiger partial charge in [-0.15, -0.1) is 0 Å². The molecule has 0 saturated carbocycles. The average molecular weight is 424 g/mol. The van der Waals surface area contributed by atoms with Crippen molar-refractivity contribution in [1.82, 2.24) is 14.9 Å². The van der Waals surface area contributed by atoms with Gasteiger partial charge in [0.05, 0.1) is 6.26 Å². The third-order valence-electron chi connectivity index (χ3n) is 5.28. The topological polar surface area (TPSA) is 95.6 Å². The van der Waals surface area contributed by atoms with Gasteiger partial charge in [0.2, 0.25) is 15.9 Å². The molecule has 162 valence electrons. The zero-order chi connectivity index (χ0) is 21.7. The van der Waals surface area contributed by atoms with Gasteiger partial charge in [0.15, 0.2) is 0 Å². The molecule has 0 unspecified atom stereocenters. The summed E-state index contributed by atoms with van der Waals surface area (Å²) in [6.07, 6.45) is 2.93. The van der Waals surface area contributed by atoms with Crippen LogP contribution in [0, 0.1) is 5.92 Å². The molecule has 1 aliphatic heterocycles. The van der Waals surface area contributed by atoms with E-state index in [4.69, 9.17) is 0 Å². The first-order valence-corrected chi connectivity index (χ1v) is 11.9. The standard InChI is InChI=1S/C21H33N3O4S/c1-21(2,3)18-7-5-17(6-8-18)20(26)22-12-9-19(25)23-15-16-10-13-24(14-11-16)29(4,27)28/h5-8,16H,9-15H2,1-4H3,(H,22,26)(H,23,25). The predicted molar refractivity (Wildman–Crippen MR) is 114 cm³/mol. The highest BCUT2D eigenvalue weighted by Crippen LogP contribution is 2.22. The smallest absolute Gasteiger partial charge is 0.251 e. The lowest BCUT2D eigenvalue weighted by atomic mass is 9.87. The highest BCUT2D eigenvalue weighted by Gasteiger charge is 2.25. The fourth-order valence-corrected chi connectivity index (χ4v) is 4.18. The number of piperidine rings is 1. The van der Waals surface area contributed by atoms with Crippen molar-refractivity contribution in [3.05, 3.63) is 35.4 Å². The monoisotopic (exact) mass is 423 g/mol. The molecule has 0 aromatic heterocycles. The molecule has 0 bridgehead atoms. The van der Waals surface area contributed by atoms with Gasteiger partial charge < -0.3 is 10.6 Å². The van der Waals surface area contributed by atoms with E-state index >= 15 is 0 Å². The number of nitrogens with zero attached hydrogens (tertiary/aromatic N) is 1. The molecule has 1 aromatic rings. The van der Waals surface area contributed by atoms with Crippen LogP contribution in [0.1, 0.15) is 56.0 Å². The van der Waals surface area contributed by atoms with Crippen molar-refractivity contribution >= 4 is 21.8 Å². The van der Waals surface area contributed by atoms with Crippen molar-refractivity contribution in [1.29, 1.82) is 0 Å². The van der Waals surface area contributed by atoms with E-state index in [1.165, 1.54) is 10.6 Å². The van der Waals surface area contributed by atoms with E-state index in [0.29, 0.717) is 25.2 Å². The Labute approximate surface area is 174 Å². The Bertz CT molecular complexity index is 805. The molecule has 1 fully saturated rings. The highest BCUT2D eigenvalue weighted by molar-refractivity contribution is 7.88. The first-order chi connectivity index (χ1) is 13.5. The van der Waals surface area contributed by atoms with Gasteiger partial charge in [-0.3, -0.25) is 9.59 Å². The lowest BCUT2D eigenvalue weighted by Gasteiger charge is -2.30. The van der Waals surface area contributed by atoms with Crippen LogP contribution in [0.5, 0.6) is 0 Å². The Hall–Kier alpha value is -1.93. The zero-order valence-corrected chi connectivity index (χ0v) is 18.6. The molecule has 1 saturated heterocycles. The molecular weight excluding hydrogens is 390 g/mol. The third-order valence-corrected chi connectivity index (χ3v) is 6.58. The summed E-state index contributed by atoms with van der Waals surface area (Å²) in [5.74, 6) is -0.0156. The molecule has 1 heterocycles. The molecule has 2 N–H and O–H groups in total. The van der Waals surface area contributed by atoms with E-state index in [0.717, 1.165) is 18.4 Å². The van der Waals surface area contributed by atoms with Gasteiger partial charge in [0, 0.05) is 38.2 Å². The van der Waals surface area contributed by atoms with E-state index in [9.17, 15) is 18.0 Å². The molecule has 29 heavy (non-hydrogen) atoms. The van der Waals surface area contributed by atoms with Gasteiger partial charge in [-0.2, -0.15) is 0 Å². The second-order valence-corrected chi connectivity index (χ2v) is 10.7. The van der Waals surface area contributed by atoms with Gasteiger partial charge >= 0.3 is 0 Å². The number of sulfonamides is 1. The Kier molecular flexibility index (Phi) is 7.82. The molecular formula is C21H33N3O4S. The Morgan fingerprint density at radius 1 is 1.07 bits per heavy atom. The molecule has 2 amide bonds. The Morgan fingerprint density at radius 3 is 2.17 bits per heavy atom. The fraction of sp³-hybridized carbons (Fsp3) is 0.619. The number of rotatable bonds is 7. The third kappa shape index (κ3) is 7.44. The number of benzene rings is 1. The van der Waals surface area contributed by atoms with E-state index in [-0.39, 0.29) is 36.1 Å². The van der Waals surface area contributed by atoms with Gasteiger partial charge in [-0.05, 0) is 41.9 Å². The fourth-order valence-electron chi connectivity index (χ4n) is 3.30. The van der Waals surface area contributed by atoms with Crippen molar-refractivity contribution in [2.45, 2.75) is 45.4 Å². The molecule has 0 aliphatic carbocycles. The van der Waals surface area contributed by atoms with Crippen molar-refractivity contribution in [3.63, 3.8) is 0 Å². The van der Waals surface area contributed by atoms with E-state index in [1.54, 1.807) is 12.1 Å². The van der Waals surface area contributed by atoms with Crippen LogP contribution in [0.25, 0.3) is 0 Å². The Morgan fingerprint density at radius 2 is 1.66 bits per heavy atom. The SMILES string of the molecule is CC(C)(C)c1ccc(C(=O)NCCC(=O)NCC2CCN(S(C)(=O)=O)CC2)cc1. The summed E-state index contributed by atoms with van der Waals surface area (Å²) < 4.78 is 24.5. The van der Waals surface area contributed by atoms with Crippen molar-refractivity contribution in [2.75, 3.05) is 32.4 Å². The maximum atomic E-state index is 12.2. The van der Waals surface area contributed by atoms with Crippen molar-refractivity contribution in [3.8, 4) is 0 Å². The van der Waals surface area contributed by atoms with Crippen molar-refractivity contribution < 1.29 is 18.0 Å². The first-order valence-electron chi connectivity index (χ1n) is 10.1.